The summed E-state index contributed by atoms with van der Waals surface area (Å²) in [7, 11) is 1.92. The van der Waals surface area contributed by atoms with E-state index >= 15 is 0 Å². The highest BCUT2D eigenvalue weighted by Crippen LogP contribution is 2.30. The molecule has 2 heterocycles. The number of imidazole rings is 1. The molecule has 0 saturated carbocycles. The summed E-state index contributed by atoms with van der Waals surface area (Å²) in [6.07, 6.45) is 1.72. The Kier molecular flexibility index (Phi) is 6.21. The maximum atomic E-state index is 10.8. The minimum absolute atomic E-state index is 0.0439. The smallest absolute Gasteiger partial charge is 0.231 e. The van der Waals surface area contributed by atoms with E-state index in [1.54, 1.807) is 6.33 Å². The number of amides is 1. The SMILES string of the molecule is Cc1ccc(C(C)(C)C)cc1Nc1nc(NCCNCC(N)=O)nc2ncn(C)c12. The lowest BCUT2D eigenvalue weighted by atomic mass is 9.86. The van der Waals surface area contributed by atoms with Crippen LogP contribution in [0.5, 0.6) is 0 Å². The van der Waals surface area contributed by atoms with Crippen molar-refractivity contribution in [2.24, 2.45) is 12.8 Å². The van der Waals surface area contributed by atoms with Crippen molar-refractivity contribution in [3.05, 3.63) is 35.7 Å². The Labute approximate surface area is 176 Å². The highest BCUT2D eigenvalue weighted by Gasteiger charge is 2.17. The molecule has 1 aromatic carbocycles. The van der Waals surface area contributed by atoms with Crippen LogP contribution in [0.25, 0.3) is 11.2 Å². The van der Waals surface area contributed by atoms with E-state index in [2.05, 4.69) is 76.8 Å². The van der Waals surface area contributed by atoms with E-state index in [4.69, 9.17) is 5.73 Å². The Bertz CT molecular complexity index is 1050. The van der Waals surface area contributed by atoms with E-state index < -0.39 is 0 Å². The minimum Gasteiger partial charge on any atom is -0.369 e. The molecule has 2 aromatic heterocycles. The van der Waals surface area contributed by atoms with Crippen LogP contribution in [0.4, 0.5) is 17.5 Å². The van der Waals surface area contributed by atoms with Gasteiger partial charge in [-0.15, -0.1) is 0 Å². The first kappa shape index (κ1) is 21.5. The molecule has 3 aromatic rings. The molecular formula is C21H30N8O. The second kappa shape index (κ2) is 8.66. The second-order valence-corrected chi connectivity index (χ2v) is 8.40. The number of hydrogen-bond donors (Lipinski definition) is 4. The standard InChI is InChI=1S/C21H30N8O/c1-13-6-7-14(21(2,3)4)10-15(13)26-19-17-18(25-12-29(17)5)27-20(28-19)24-9-8-23-11-16(22)30/h6-7,10,12,23H,8-9,11H2,1-5H3,(H2,22,30)(H2,24,26,27,28). The number of nitrogens with two attached hydrogens (primary N) is 1. The van der Waals surface area contributed by atoms with Crippen LogP contribution in [-0.4, -0.2) is 45.1 Å². The molecule has 0 bridgehead atoms. The zero-order valence-corrected chi connectivity index (χ0v) is 18.2. The van der Waals surface area contributed by atoms with Crippen molar-refractivity contribution in [1.29, 1.82) is 0 Å². The molecule has 0 aliphatic carbocycles. The zero-order chi connectivity index (χ0) is 21.9. The number of nitrogens with one attached hydrogen (secondary N) is 3. The Balaban J connectivity index is 1.88. The van der Waals surface area contributed by atoms with Crippen molar-refractivity contribution in [2.45, 2.75) is 33.1 Å². The molecule has 0 aliphatic heterocycles. The first-order chi connectivity index (χ1) is 14.1. The van der Waals surface area contributed by atoms with Crippen molar-refractivity contribution >= 4 is 34.5 Å². The normalized spacial score (nSPS) is 11.6. The molecule has 3 rings (SSSR count). The van der Waals surface area contributed by atoms with Gasteiger partial charge in [0.1, 0.15) is 5.52 Å². The van der Waals surface area contributed by atoms with Crippen LogP contribution in [0.15, 0.2) is 24.5 Å². The third-order valence-electron chi connectivity index (χ3n) is 4.81. The fourth-order valence-electron chi connectivity index (χ4n) is 3.05. The molecule has 160 valence electrons. The number of anilines is 3. The Morgan fingerprint density at radius 3 is 2.67 bits per heavy atom. The predicted molar refractivity (Wildman–Crippen MR) is 120 cm³/mol. The molecule has 0 aliphatic rings. The molecule has 0 unspecified atom stereocenters. The summed E-state index contributed by atoms with van der Waals surface area (Å²) >= 11 is 0. The molecule has 9 nitrogen and oxygen atoms in total. The molecular weight excluding hydrogens is 380 g/mol. The van der Waals surface area contributed by atoms with Crippen LogP contribution in [0.3, 0.4) is 0 Å². The Morgan fingerprint density at radius 2 is 1.97 bits per heavy atom. The van der Waals surface area contributed by atoms with Gasteiger partial charge in [-0.1, -0.05) is 32.9 Å². The largest absolute Gasteiger partial charge is 0.369 e. The number of carbonyl (C=O) groups excluding carboxylic acids is 1. The summed E-state index contributed by atoms with van der Waals surface area (Å²) in [6.45, 7) is 9.89. The average Bonchev–Trinajstić information content (AvgIpc) is 3.03. The first-order valence-electron chi connectivity index (χ1n) is 9.95. The van der Waals surface area contributed by atoms with E-state index in [1.807, 2.05) is 11.6 Å². The van der Waals surface area contributed by atoms with Crippen molar-refractivity contribution in [3.8, 4) is 0 Å². The third-order valence-corrected chi connectivity index (χ3v) is 4.81. The van der Waals surface area contributed by atoms with Gasteiger partial charge in [0.05, 0.1) is 12.9 Å². The Morgan fingerprint density at radius 1 is 1.20 bits per heavy atom. The van der Waals surface area contributed by atoms with Gasteiger partial charge in [0.25, 0.3) is 0 Å². The zero-order valence-electron chi connectivity index (χ0n) is 18.2. The van der Waals surface area contributed by atoms with Gasteiger partial charge in [-0.3, -0.25) is 4.79 Å². The van der Waals surface area contributed by atoms with E-state index in [9.17, 15) is 4.79 Å². The summed E-state index contributed by atoms with van der Waals surface area (Å²) in [5.74, 6) is 0.761. The minimum atomic E-state index is -0.388. The summed E-state index contributed by atoms with van der Waals surface area (Å²) in [5, 5.41) is 9.60. The fourth-order valence-corrected chi connectivity index (χ4v) is 3.05. The van der Waals surface area contributed by atoms with Crippen LogP contribution in [-0.2, 0) is 17.3 Å². The van der Waals surface area contributed by atoms with Crippen molar-refractivity contribution < 1.29 is 4.79 Å². The summed E-state index contributed by atoms with van der Waals surface area (Å²) in [4.78, 5) is 24.4. The van der Waals surface area contributed by atoms with Crippen LogP contribution < -0.4 is 21.7 Å². The van der Waals surface area contributed by atoms with Gasteiger partial charge in [0.15, 0.2) is 11.5 Å². The second-order valence-electron chi connectivity index (χ2n) is 8.40. The summed E-state index contributed by atoms with van der Waals surface area (Å²) < 4.78 is 1.90. The average molecular weight is 411 g/mol. The van der Waals surface area contributed by atoms with Crippen LogP contribution >= 0.6 is 0 Å². The number of nitrogens with zero attached hydrogens (tertiary/aromatic N) is 4. The number of hydrogen-bond acceptors (Lipinski definition) is 7. The summed E-state index contributed by atoms with van der Waals surface area (Å²) in [6, 6.07) is 6.45. The molecule has 0 atom stereocenters. The van der Waals surface area contributed by atoms with Gasteiger partial charge in [-0.2, -0.15) is 9.97 Å². The highest BCUT2D eigenvalue weighted by molar-refractivity contribution is 5.87. The van der Waals surface area contributed by atoms with Crippen molar-refractivity contribution in [2.75, 3.05) is 30.3 Å². The van der Waals surface area contributed by atoms with Gasteiger partial charge in [-0.05, 0) is 29.5 Å². The van der Waals surface area contributed by atoms with Crippen LogP contribution in [0.1, 0.15) is 31.9 Å². The lowest BCUT2D eigenvalue weighted by Gasteiger charge is -2.21. The molecule has 9 heteroatoms. The molecule has 0 fully saturated rings. The monoisotopic (exact) mass is 410 g/mol. The van der Waals surface area contributed by atoms with Gasteiger partial charge < -0.3 is 26.3 Å². The number of carbonyl (C=O) groups is 1. The highest BCUT2D eigenvalue weighted by atomic mass is 16.1. The number of primary amides is 1. The van der Waals surface area contributed by atoms with Gasteiger partial charge in [0, 0.05) is 25.8 Å². The number of fused-ring (bicyclic) bond motifs is 1. The Hall–Kier alpha value is -3.20. The number of aromatic nitrogens is 4. The van der Waals surface area contributed by atoms with Crippen LogP contribution in [0.2, 0.25) is 0 Å². The maximum absolute atomic E-state index is 10.8. The predicted octanol–water partition coefficient (Wildman–Crippen LogP) is 2.20. The molecule has 0 spiro atoms. The lowest BCUT2D eigenvalue weighted by molar-refractivity contribution is -0.117. The topological polar surface area (TPSA) is 123 Å². The number of rotatable bonds is 8. The van der Waals surface area contributed by atoms with Crippen molar-refractivity contribution in [3.63, 3.8) is 0 Å². The third kappa shape index (κ3) is 5.04. The number of benzene rings is 1. The maximum Gasteiger partial charge on any atom is 0.231 e. The van der Waals surface area contributed by atoms with E-state index in [1.165, 1.54) is 5.56 Å². The van der Waals surface area contributed by atoms with Gasteiger partial charge in [-0.25, -0.2) is 4.98 Å². The van der Waals surface area contributed by atoms with E-state index in [0.717, 1.165) is 16.8 Å². The van der Waals surface area contributed by atoms with Gasteiger partial charge >= 0.3 is 0 Å². The lowest BCUT2D eigenvalue weighted by Crippen LogP contribution is -2.32. The van der Waals surface area contributed by atoms with Crippen LogP contribution in [0, 0.1) is 6.92 Å². The fraction of sp³-hybridized carbons (Fsp3) is 0.429. The molecule has 0 radical (unpaired) electrons. The molecule has 1 amide bonds. The van der Waals surface area contributed by atoms with Gasteiger partial charge in [0.2, 0.25) is 11.9 Å². The van der Waals surface area contributed by atoms with E-state index in [-0.39, 0.29) is 17.9 Å². The van der Waals surface area contributed by atoms with Crippen molar-refractivity contribution in [1.82, 2.24) is 24.8 Å². The number of aryl methyl sites for hydroxylation is 2. The van der Waals surface area contributed by atoms with E-state index in [0.29, 0.717) is 30.5 Å². The first-order valence-corrected chi connectivity index (χ1v) is 9.95. The molecule has 5 N–H and O–H groups in total. The molecule has 0 saturated heterocycles. The quantitative estimate of drug-likeness (QED) is 0.420. The summed E-state index contributed by atoms with van der Waals surface area (Å²) in [5.41, 5.74) is 9.97. The molecule has 30 heavy (non-hydrogen) atoms.